The Balaban J connectivity index is 1.57. The van der Waals surface area contributed by atoms with Crippen molar-refractivity contribution in [1.82, 2.24) is 9.88 Å². The summed E-state index contributed by atoms with van der Waals surface area (Å²) in [6.45, 7) is -0.215. The van der Waals surface area contributed by atoms with Crippen molar-refractivity contribution in [2.45, 2.75) is 25.4 Å². The van der Waals surface area contributed by atoms with Crippen LogP contribution in [0.15, 0.2) is 54.7 Å². The van der Waals surface area contributed by atoms with Crippen LogP contribution < -0.4 is 4.74 Å². The zero-order valence-corrected chi connectivity index (χ0v) is 17.0. The monoisotopic (exact) mass is 438 g/mol. The van der Waals surface area contributed by atoms with Gasteiger partial charge in [0.1, 0.15) is 12.4 Å². The van der Waals surface area contributed by atoms with Crippen molar-refractivity contribution in [2.75, 3.05) is 19.7 Å². The smallest absolute Gasteiger partial charge is 0.471 e. The molecule has 1 aromatic heterocycles. The van der Waals surface area contributed by atoms with Crippen LogP contribution in [0.5, 0.6) is 5.75 Å². The summed E-state index contributed by atoms with van der Waals surface area (Å²) in [5.74, 6) is -1.38. The molecule has 0 atom stereocenters. The third-order valence-corrected chi connectivity index (χ3v) is 5.05. The van der Waals surface area contributed by atoms with Gasteiger partial charge in [0.05, 0.1) is 22.5 Å². The molecule has 1 amide bonds. The molecule has 0 radical (unpaired) electrons. The Hall–Kier alpha value is -2.67. The van der Waals surface area contributed by atoms with Crippen LogP contribution in [0, 0.1) is 0 Å². The van der Waals surface area contributed by atoms with Gasteiger partial charge in [0.25, 0.3) is 0 Å². The van der Waals surface area contributed by atoms with E-state index in [1.165, 1.54) is 0 Å². The first-order chi connectivity index (χ1) is 14.4. The highest BCUT2D eigenvalue weighted by Gasteiger charge is 2.42. The minimum Gasteiger partial charge on any atom is -0.491 e. The van der Waals surface area contributed by atoms with E-state index in [0.717, 1.165) is 22.4 Å². The number of aryl methyl sites for hydroxylation is 1. The van der Waals surface area contributed by atoms with Crippen LogP contribution in [-0.2, 0) is 11.2 Å². The first kappa shape index (κ1) is 22.0. The lowest BCUT2D eigenvalue weighted by Crippen LogP contribution is -2.43. The lowest BCUT2D eigenvalue weighted by Gasteiger charge is -2.24. The van der Waals surface area contributed by atoms with Crippen LogP contribution in [0.3, 0.4) is 0 Å². The Morgan fingerprint density at radius 3 is 2.53 bits per heavy atom. The van der Waals surface area contributed by atoms with Gasteiger partial charge in [-0.1, -0.05) is 48.0 Å². The van der Waals surface area contributed by atoms with E-state index in [1.54, 1.807) is 18.3 Å². The zero-order valence-electron chi connectivity index (χ0n) is 16.2. The number of nitrogens with one attached hydrogen (secondary N) is 1. The molecule has 0 aliphatic carbocycles. The molecule has 0 aliphatic rings. The van der Waals surface area contributed by atoms with Gasteiger partial charge in [0.2, 0.25) is 0 Å². The third kappa shape index (κ3) is 5.69. The summed E-state index contributed by atoms with van der Waals surface area (Å²) >= 11 is 6.14. The molecule has 160 valence electrons. The maximum atomic E-state index is 13.0. The van der Waals surface area contributed by atoms with Crippen molar-refractivity contribution in [3.8, 4) is 5.75 Å². The Morgan fingerprint density at radius 1 is 1.03 bits per heavy atom. The number of halogens is 4. The second kappa shape index (κ2) is 9.89. The summed E-state index contributed by atoms with van der Waals surface area (Å²) in [6.07, 6.45) is -1.39. The number of unbranched alkanes of at least 4 members (excludes halogenated alkanes) is 1. The average molecular weight is 439 g/mol. The number of H-pyrrole nitrogens is 1. The van der Waals surface area contributed by atoms with E-state index in [0.29, 0.717) is 29.0 Å². The van der Waals surface area contributed by atoms with E-state index in [4.69, 9.17) is 16.3 Å². The number of carbonyl (C=O) groups is 1. The molecule has 0 unspecified atom stereocenters. The van der Waals surface area contributed by atoms with Gasteiger partial charge in [-0.05, 0) is 37.0 Å². The van der Waals surface area contributed by atoms with Crippen LogP contribution in [0.4, 0.5) is 13.2 Å². The molecule has 4 nitrogen and oxygen atoms in total. The average Bonchev–Trinajstić information content (AvgIpc) is 3.11. The van der Waals surface area contributed by atoms with Crippen LogP contribution >= 0.6 is 11.6 Å². The SMILES string of the molecule is O=C(N(CCCCc1ccccc1)CCOc1cccc2[nH]cc(Cl)c12)C(F)(F)F. The highest BCUT2D eigenvalue weighted by molar-refractivity contribution is 6.36. The minimum atomic E-state index is -4.91. The topological polar surface area (TPSA) is 45.3 Å². The van der Waals surface area contributed by atoms with Crippen molar-refractivity contribution < 1.29 is 22.7 Å². The quantitative estimate of drug-likeness (QED) is 0.441. The summed E-state index contributed by atoms with van der Waals surface area (Å²) < 4.78 is 44.6. The number of carbonyl (C=O) groups excluding carboxylic acids is 1. The lowest BCUT2D eigenvalue weighted by molar-refractivity contribution is -0.185. The molecular weight excluding hydrogens is 417 g/mol. The number of fused-ring (bicyclic) bond motifs is 1. The zero-order chi connectivity index (χ0) is 21.6. The molecule has 0 saturated carbocycles. The number of hydrogen-bond donors (Lipinski definition) is 1. The Labute approximate surface area is 177 Å². The summed E-state index contributed by atoms with van der Waals surface area (Å²) in [6, 6.07) is 15.0. The third-order valence-electron chi connectivity index (χ3n) is 4.75. The van der Waals surface area contributed by atoms with Gasteiger partial charge in [-0.2, -0.15) is 13.2 Å². The molecular formula is C22H22ClF3N2O2. The molecule has 1 heterocycles. The second-order valence-electron chi connectivity index (χ2n) is 6.90. The molecule has 0 saturated heterocycles. The summed E-state index contributed by atoms with van der Waals surface area (Å²) in [7, 11) is 0. The van der Waals surface area contributed by atoms with Gasteiger partial charge in [-0.25, -0.2) is 0 Å². The number of aromatic amines is 1. The molecule has 0 aliphatic heterocycles. The second-order valence-corrected chi connectivity index (χ2v) is 7.30. The number of ether oxygens (including phenoxy) is 1. The van der Waals surface area contributed by atoms with E-state index in [9.17, 15) is 18.0 Å². The summed E-state index contributed by atoms with van der Waals surface area (Å²) in [5, 5.41) is 1.13. The Bertz CT molecular complexity index is 973. The van der Waals surface area contributed by atoms with Crippen molar-refractivity contribution in [1.29, 1.82) is 0 Å². The van der Waals surface area contributed by atoms with Gasteiger partial charge in [0, 0.05) is 12.7 Å². The fourth-order valence-corrected chi connectivity index (χ4v) is 3.52. The number of amides is 1. The van der Waals surface area contributed by atoms with Gasteiger partial charge in [0.15, 0.2) is 0 Å². The van der Waals surface area contributed by atoms with E-state index in [-0.39, 0.29) is 19.7 Å². The fourth-order valence-electron chi connectivity index (χ4n) is 3.27. The molecule has 3 aromatic rings. The van der Waals surface area contributed by atoms with Crippen molar-refractivity contribution in [2.24, 2.45) is 0 Å². The minimum absolute atomic E-state index is 0.0175. The molecule has 2 aromatic carbocycles. The number of nitrogens with zero attached hydrogens (tertiary/aromatic N) is 1. The Kier molecular flexibility index (Phi) is 7.26. The van der Waals surface area contributed by atoms with Crippen molar-refractivity contribution in [3.63, 3.8) is 0 Å². The predicted octanol–water partition coefficient (Wildman–Crippen LogP) is 5.61. The maximum Gasteiger partial charge on any atom is 0.471 e. The first-order valence-corrected chi connectivity index (χ1v) is 10.0. The number of hydrogen-bond acceptors (Lipinski definition) is 2. The highest BCUT2D eigenvalue weighted by Crippen LogP contribution is 2.31. The van der Waals surface area contributed by atoms with Gasteiger partial charge < -0.3 is 14.6 Å². The van der Waals surface area contributed by atoms with Gasteiger partial charge >= 0.3 is 12.1 Å². The largest absolute Gasteiger partial charge is 0.491 e. The van der Waals surface area contributed by atoms with Gasteiger partial charge in [-0.15, -0.1) is 0 Å². The standard InChI is InChI=1S/C22H22ClF3N2O2/c23-17-15-27-18-10-6-11-19(20(17)18)30-14-13-28(21(29)22(24,25)26)12-5-4-9-16-7-2-1-3-8-16/h1-3,6-8,10-11,15,27H,4-5,9,12-14H2. The van der Waals surface area contributed by atoms with Crippen LogP contribution in [0.2, 0.25) is 5.02 Å². The number of aromatic nitrogens is 1. The van der Waals surface area contributed by atoms with Crippen LogP contribution in [0.25, 0.3) is 10.9 Å². The van der Waals surface area contributed by atoms with E-state index in [1.807, 2.05) is 36.4 Å². The van der Waals surface area contributed by atoms with E-state index < -0.39 is 12.1 Å². The molecule has 8 heteroatoms. The highest BCUT2D eigenvalue weighted by atomic mass is 35.5. The summed E-state index contributed by atoms with van der Waals surface area (Å²) in [4.78, 5) is 15.6. The molecule has 30 heavy (non-hydrogen) atoms. The fraction of sp³-hybridized carbons (Fsp3) is 0.318. The molecule has 0 fully saturated rings. The predicted molar refractivity (Wildman–Crippen MR) is 111 cm³/mol. The number of rotatable bonds is 9. The lowest BCUT2D eigenvalue weighted by atomic mass is 10.1. The normalized spacial score (nSPS) is 11.6. The molecule has 0 spiro atoms. The maximum absolute atomic E-state index is 13.0. The van der Waals surface area contributed by atoms with Crippen molar-refractivity contribution >= 4 is 28.4 Å². The number of alkyl halides is 3. The molecule has 3 rings (SSSR count). The molecule has 0 bridgehead atoms. The van der Waals surface area contributed by atoms with E-state index >= 15 is 0 Å². The van der Waals surface area contributed by atoms with Gasteiger partial charge in [-0.3, -0.25) is 4.79 Å². The van der Waals surface area contributed by atoms with Crippen LogP contribution in [-0.4, -0.2) is 41.7 Å². The summed E-state index contributed by atoms with van der Waals surface area (Å²) in [5.41, 5.74) is 1.88. The molecule has 1 N–H and O–H groups in total. The number of benzene rings is 2. The first-order valence-electron chi connectivity index (χ1n) is 9.64. The van der Waals surface area contributed by atoms with Crippen LogP contribution in [0.1, 0.15) is 18.4 Å². The van der Waals surface area contributed by atoms with E-state index in [2.05, 4.69) is 4.98 Å². The Morgan fingerprint density at radius 2 is 1.80 bits per heavy atom. The van der Waals surface area contributed by atoms with Crippen molar-refractivity contribution in [3.05, 3.63) is 65.3 Å².